The molecule has 1 aliphatic rings. The Bertz CT molecular complexity index is 1080. The first kappa shape index (κ1) is 22.6. The number of carbonyl (C=O) groups excluding carboxylic acids is 1. The van der Waals surface area contributed by atoms with E-state index in [1.54, 1.807) is 11.8 Å². The van der Waals surface area contributed by atoms with Gasteiger partial charge in [-0.15, -0.1) is 0 Å². The quantitative estimate of drug-likeness (QED) is 0.501. The van der Waals surface area contributed by atoms with Gasteiger partial charge in [0.25, 0.3) is 5.91 Å². The van der Waals surface area contributed by atoms with Crippen LogP contribution in [0, 0.1) is 12.7 Å². The van der Waals surface area contributed by atoms with Gasteiger partial charge in [0.15, 0.2) is 5.69 Å². The zero-order chi connectivity index (χ0) is 22.7. The average Bonchev–Trinajstić information content (AvgIpc) is 3.16. The molecule has 0 spiro atoms. The van der Waals surface area contributed by atoms with Crippen LogP contribution in [0.15, 0.2) is 47.0 Å². The molecule has 32 heavy (non-hydrogen) atoms. The zero-order valence-electron chi connectivity index (χ0n) is 17.5. The number of piperazine rings is 1. The molecule has 2 heterocycles. The maximum Gasteiger partial charge on any atom is 0.276 e. The van der Waals surface area contributed by atoms with Gasteiger partial charge in [0.05, 0.1) is 5.56 Å². The molecule has 0 atom stereocenters. The second-order valence-corrected chi connectivity index (χ2v) is 8.39. The van der Waals surface area contributed by atoms with Crippen molar-refractivity contribution in [1.82, 2.24) is 15.0 Å². The Balaban J connectivity index is 1.37. The maximum absolute atomic E-state index is 13.1. The fourth-order valence-electron chi connectivity index (χ4n) is 3.58. The summed E-state index contributed by atoms with van der Waals surface area (Å²) in [4.78, 5) is 17.1. The summed E-state index contributed by atoms with van der Waals surface area (Å²) in [7, 11) is 0. The molecule has 2 aromatic carbocycles. The fraction of sp³-hybridized carbons (Fsp3) is 0.304. The van der Waals surface area contributed by atoms with E-state index in [2.05, 4.69) is 10.1 Å². The molecule has 9 heteroatoms. The lowest BCUT2D eigenvalue weighted by atomic mass is 10.1. The molecule has 168 valence electrons. The van der Waals surface area contributed by atoms with Crippen LogP contribution in [-0.2, 0) is 13.2 Å². The summed E-state index contributed by atoms with van der Waals surface area (Å²) in [5, 5.41) is 5.25. The number of aromatic nitrogens is 1. The molecule has 1 amide bonds. The number of hydrogen-bond acceptors (Lipinski definition) is 5. The molecule has 1 fully saturated rings. The van der Waals surface area contributed by atoms with Crippen molar-refractivity contribution in [3.63, 3.8) is 0 Å². The van der Waals surface area contributed by atoms with Gasteiger partial charge in [0, 0.05) is 48.3 Å². The van der Waals surface area contributed by atoms with Crippen LogP contribution in [0.5, 0.6) is 5.75 Å². The van der Waals surface area contributed by atoms with E-state index < -0.39 is 0 Å². The van der Waals surface area contributed by atoms with E-state index in [0.717, 1.165) is 5.56 Å². The SMILES string of the molecule is Cc1onc(C(=O)N2CCN(Cc3c(Cl)cccc3Cl)CC2)c1COc1ccc(F)cc1. The Hall–Kier alpha value is -2.61. The summed E-state index contributed by atoms with van der Waals surface area (Å²) in [6, 6.07) is 11.2. The van der Waals surface area contributed by atoms with E-state index in [-0.39, 0.29) is 24.0 Å². The summed E-state index contributed by atoms with van der Waals surface area (Å²) >= 11 is 12.6. The van der Waals surface area contributed by atoms with Crippen molar-refractivity contribution < 1.29 is 18.4 Å². The summed E-state index contributed by atoms with van der Waals surface area (Å²) in [5.74, 6) is 0.472. The van der Waals surface area contributed by atoms with Crippen molar-refractivity contribution in [1.29, 1.82) is 0 Å². The Morgan fingerprint density at radius 1 is 1.06 bits per heavy atom. The topological polar surface area (TPSA) is 58.8 Å². The van der Waals surface area contributed by atoms with E-state index in [0.29, 0.717) is 59.8 Å². The number of rotatable bonds is 6. The van der Waals surface area contributed by atoms with Crippen LogP contribution in [0.3, 0.4) is 0 Å². The Morgan fingerprint density at radius 2 is 1.72 bits per heavy atom. The van der Waals surface area contributed by atoms with Crippen LogP contribution >= 0.6 is 23.2 Å². The number of halogens is 3. The standard InChI is InChI=1S/C23H22Cl2FN3O3/c1-15-19(14-31-17-7-5-16(26)6-8-17)22(27-32-15)23(30)29-11-9-28(10-12-29)13-18-20(24)3-2-4-21(18)25/h2-8H,9-14H2,1H3. The van der Waals surface area contributed by atoms with Crippen LogP contribution in [-0.4, -0.2) is 47.0 Å². The number of carbonyl (C=O) groups is 1. The first-order valence-corrected chi connectivity index (χ1v) is 11.0. The second kappa shape index (κ2) is 9.90. The number of amides is 1. The Kier molecular flexibility index (Phi) is 6.98. The van der Waals surface area contributed by atoms with Crippen molar-refractivity contribution in [3.05, 3.63) is 80.9 Å². The summed E-state index contributed by atoms with van der Waals surface area (Å²) < 4.78 is 24.0. The third kappa shape index (κ3) is 5.06. The van der Waals surface area contributed by atoms with E-state index in [9.17, 15) is 9.18 Å². The lowest BCUT2D eigenvalue weighted by Crippen LogP contribution is -2.48. The lowest BCUT2D eigenvalue weighted by molar-refractivity contribution is 0.0616. The second-order valence-electron chi connectivity index (χ2n) is 7.58. The molecule has 0 aliphatic carbocycles. The highest BCUT2D eigenvalue weighted by Gasteiger charge is 2.28. The molecule has 0 saturated carbocycles. The molecular formula is C23H22Cl2FN3O3. The fourth-order valence-corrected chi connectivity index (χ4v) is 4.10. The normalized spacial score (nSPS) is 14.6. The van der Waals surface area contributed by atoms with Gasteiger partial charge < -0.3 is 14.2 Å². The minimum atomic E-state index is -0.342. The van der Waals surface area contributed by atoms with E-state index in [1.807, 2.05) is 18.2 Å². The van der Waals surface area contributed by atoms with Crippen molar-refractivity contribution in [2.75, 3.05) is 26.2 Å². The summed E-state index contributed by atoms with van der Waals surface area (Å²) in [6.07, 6.45) is 0. The van der Waals surface area contributed by atoms with Gasteiger partial charge in [-0.2, -0.15) is 0 Å². The Morgan fingerprint density at radius 3 is 2.38 bits per heavy atom. The molecular weight excluding hydrogens is 456 g/mol. The molecule has 3 aromatic rings. The summed E-state index contributed by atoms with van der Waals surface area (Å²) in [5.41, 5.74) is 1.72. The lowest BCUT2D eigenvalue weighted by Gasteiger charge is -2.34. The smallest absolute Gasteiger partial charge is 0.276 e. The predicted molar refractivity (Wildman–Crippen MR) is 120 cm³/mol. The number of benzene rings is 2. The predicted octanol–water partition coefficient (Wildman–Crippen LogP) is 4.97. The largest absolute Gasteiger partial charge is 0.489 e. The Labute approximate surface area is 195 Å². The molecule has 1 saturated heterocycles. The number of aryl methyl sites for hydroxylation is 1. The van der Waals surface area contributed by atoms with E-state index in [1.165, 1.54) is 24.3 Å². The van der Waals surface area contributed by atoms with E-state index >= 15 is 0 Å². The molecule has 6 nitrogen and oxygen atoms in total. The molecule has 0 N–H and O–H groups in total. The molecule has 1 aromatic heterocycles. The van der Waals surface area contributed by atoms with Gasteiger partial charge in [0.1, 0.15) is 23.9 Å². The van der Waals surface area contributed by atoms with Crippen molar-refractivity contribution in [3.8, 4) is 5.75 Å². The molecule has 0 bridgehead atoms. The first-order valence-electron chi connectivity index (χ1n) is 10.2. The van der Waals surface area contributed by atoms with Gasteiger partial charge in [0.2, 0.25) is 0 Å². The third-order valence-electron chi connectivity index (χ3n) is 5.49. The molecule has 1 aliphatic heterocycles. The molecule has 0 unspecified atom stereocenters. The minimum Gasteiger partial charge on any atom is -0.489 e. The number of ether oxygens (including phenoxy) is 1. The first-order chi connectivity index (χ1) is 15.4. The number of nitrogens with zero attached hydrogens (tertiary/aromatic N) is 3. The van der Waals surface area contributed by atoms with Crippen molar-refractivity contribution in [2.45, 2.75) is 20.1 Å². The molecule has 0 radical (unpaired) electrons. The van der Waals surface area contributed by atoms with Gasteiger partial charge >= 0.3 is 0 Å². The summed E-state index contributed by atoms with van der Waals surface area (Å²) in [6.45, 7) is 4.93. The molecule has 4 rings (SSSR count). The maximum atomic E-state index is 13.1. The van der Waals surface area contributed by atoms with Gasteiger partial charge in [-0.25, -0.2) is 4.39 Å². The number of hydrogen-bond donors (Lipinski definition) is 0. The van der Waals surface area contributed by atoms with Crippen molar-refractivity contribution in [2.24, 2.45) is 0 Å². The minimum absolute atomic E-state index is 0.104. The van der Waals surface area contributed by atoms with Crippen LogP contribution in [0.1, 0.15) is 27.4 Å². The van der Waals surface area contributed by atoms with Gasteiger partial charge in [-0.1, -0.05) is 34.4 Å². The van der Waals surface area contributed by atoms with Gasteiger partial charge in [-0.05, 0) is 43.3 Å². The monoisotopic (exact) mass is 477 g/mol. The average molecular weight is 478 g/mol. The zero-order valence-corrected chi connectivity index (χ0v) is 19.0. The van der Waals surface area contributed by atoms with Crippen LogP contribution < -0.4 is 4.74 Å². The van der Waals surface area contributed by atoms with Crippen molar-refractivity contribution >= 4 is 29.1 Å². The van der Waals surface area contributed by atoms with Crippen LogP contribution in [0.2, 0.25) is 10.0 Å². The van der Waals surface area contributed by atoms with Crippen LogP contribution in [0.25, 0.3) is 0 Å². The van der Waals surface area contributed by atoms with Gasteiger partial charge in [-0.3, -0.25) is 9.69 Å². The highest BCUT2D eigenvalue weighted by molar-refractivity contribution is 6.35. The van der Waals surface area contributed by atoms with E-state index in [4.69, 9.17) is 32.5 Å². The highest BCUT2D eigenvalue weighted by Crippen LogP contribution is 2.26. The third-order valence-corrected chi connectivity index (χ3v) is 6.20. The highest BCUT2D eigenvalue weighted by atomic mass is 35.5. The van der Waals surface area contributed by atoms with Crippen LogP contribution in [0.4, 0.5) is 4.39 Å².